The number of phenolic OH excluding ortho intramolecular Hbond substituents is 1. The van der Waals surface area contributed by atoms with Crippen LogP contribution in [0.25, 0.3) is 0 Å². The van der Waals surface area contributed by atoms with Crippen LogP contribution in [0, 0.1) is 0 Å². The number of carbonyl (C=O) groups is 1. The van der Waals surface area contributed by atoms with Gasteiger partial charge in [0, 0.05) is 0 Å². The van der Waals surface area contributed by atoms with Crippen LogP contribution in [0.4, 0.5) is 0 Å². The fourth-order valence-corrected chi connectivity index (χ4v) is 0.952. The zero-order chi connectivity index (χ0) is 8.97. The van der Waals surface area contributed by atoms with E-state index in [1.807, 2.05) is 0 Å². The molecular formula is C24H72KNO2. The molecule has 0 aliphatic heterocycles. The average Bonchev–Trinajstić information content (AvgIpc) is 2.09. The molecule has 0 unspecified atom stereocenters. The van der Waals surface area contributed by atoms with E-state index in [1.54, 1.807) is 24.3 Å². The number of phenols is 1. The minimum absolute atomic E-state index is 0. The van der Waals surface area contributed by atoms with Crippen LogP contribution in [0.3, 0.4) is 0 Å². The van der Waals surface area contributed by atoms with Crippen molar-refractivity contribution in [1.82, 2.24) is 0 Å². The number of aromatic hydroxyl groups is 1. The Morgan fingerprint density at radius 2 is 0.964 bits per heavy atom. The summed E-state index contributed by atoms with van der Waals surface area (Å²) in [6.07, 6.45) is 1.23. The molecule has 0 radical (unpaired) electrons. The summed E-state index contributed by atoms with van der Waals surface area (Å²) in [7, 11) is 0. The third-order valence-electron chi connectivity index (χ3n) is 1.58. The molecule has 0 bridgehead atoms. The first kappa shape index (κ1) is 140. The van der Waals surface area contributed by atoms with Crippen LogP contribution in [0.5, 0.6) is 5.75 Å². The molecule has 0 saturated carbocycles. The first-order valence-corrected chi connectivity index (χ1v) is 3.71. The van der Waals surface area contributed by atoms with Crippen LogP contribution >= 0.6 is 0 Å². The van der Waals surface area contributed by atoms with E-state index in [4.69, 9.17) is 10.8 Å². The van der Waals surface area contributed by atoms with E-state index in [-0.39, 0.29) is 170 Å². The van der Waals surface area contributed by atoms with Gasteiger partial charge in [0.1, 0.15) is 12.0 Å². The molecule has 1 aromatic rings. The van der Waals surface area contributed by atoms with Crippen LogP contribution in [0.15, 0.2) is 24.3 Å². The van der Waals surface area contributed by atoms with Crippen molar-refractivity contribution in [3.8, 4) is 5.75 Å². The zero-order valence-corrected chi connectivity index (χ0v) is 10.7. The molecule has 1 atom stereocenters. The van der Waals surface area contributed by atoms with Gasteiger partial charge in [-0.25, -0.2) is 0 Å². The van der Waals surface area contributed by atoms with Gasteiger partial charge in [0.05, 0.1) is 6.04 Å². The molecule has 0 aliphatic rings. The number of hydrogen-bond acceptors (Lipinski definition) is 3. The Kier molecular flexibility index (Phi) is 402. The van der Waals surface area contributed by atoms with Gasteiger partial charge in [-0.2, -0.15) is 0 Å². The van der Waals surface area contributed by atoms with E-state index in [0.29, 0.717) is 12.7 Å². The molecule has 3 N–H and O–H groups in total. The molecule has 1 aromatic carbocycles. The summed E-state index contributed by atoms with van der Waals surface area (Å²) in [5.41, 5.74) is 6.36. The van der Waals surface area contributed by atoms with Gasteiger partial charge in [-0.15, -0.1) is 0 Å². The Bertz CT molecular complexity index is 272. The zero-order valence-electron chi connectivity index (χ0n) is 8.60. The van der Waals surface area contributed by atoms with Crippen molar-refractivity contribution in [3.05, 3.63) is 29.8 Å². The van der Waals surface area contributed by atoms with E-state index in [1.165, 1.54) is 0 Å². The Labute approximate surface area is 232 Å². The van der Waals surface area contributed by atoms with Crippen LogP contribution in [0.1, 0.15) is 118 Å². The Morgan fingerprint density at radius 3 is 1.18 bits per heavy atom. The first-order chi connectivity index (χ1) is 5.72. The minimum atomic E-state index is -0.449. The average molecular weight is 448 g/mol. The second-order valence-electron chi connectivity index (χ2n) is 2.67. The Balaban J connectivity index is -0.00000000565. The summed E-state index contributed by atoms with van der Waals surface area (Å²) < 4.78 is 0. The molecule has 0 saturated heterocycles. The van der Waals surface area contributed by atoms with Crippen molar-refractivity contribution in [2.75, 3.05) is 0 Å². The van der Waals surface area contributed by atoms with Crippen molar-refractivity contribution < 1.29 is 62.7 Å². The van der Waals surface area contributed by atoms with Gasteiger partial charge in [-0.05, 0) is 24.1 Å². The van der Waals surface area contributed by atoms with E-state index in [9.17, 15) is 4.79 Å². The summed E-state index contributed by atoms with van der Waals surface area (Å²) in [5, 5.41) is 8.95. The molecule has 0 amide bonds. The molecule has 0 heterocycles. The molecular weight excluding hydrogens is 373 g/mol. The maximum absolute atomic E-state index is 10.2. The van der Waals surface area contributed by atoms with Gasteiger partial charge in [0.15, 0.2) is 0 Å². The normalized spacial score (nSPS) is 5.32. The number of rotatable bonds is 3. The number of hydrogen-bond donors (Lipinski definition) is 2. The van der Waals surface area contributed by atoms with Crippen molar-refractivity contribution in [3.63, 3.8) is 0 Å². The number of nitrogens with two attached hydrogens (primary N) is 1. The van der Waals surface area contributed by atoms with E-state index in [2.05, 4.69) is 0 Å². The maximum atomic E-state index is 10.2. The van der Waals surface area contributed by atoms with E-state index < -0.39 is 6.04 Å². The Hall–Kier alpha value is 0.286. The molecule has 0 spiro atoms. The summed E-state index contributed by atoms with van der Waals surface area (Å²) >= 11 is 0. The van der Waals surface area contributed by atoms with Crippen molar-refractivity contribution in [2.24, 2.45) is 5.73 Å². The standard InChI is InChI=1S/C9H11NO2.15CH4.K.H/c10-8(6-11)5-7-1-3-9(12)4-2-7;;;;;;;;;;;;;;;;;/h1-4,6,8,12H,5,10H2;15*1H4;;/q;;;;;;;;;;;;;;;;+1;-1/t8-;;;;;;;;;;;;;;;;;/m1................./s1/i;;;;;;;;;;;;;;;;;1+2. The fourth-order valence-electron chi connectivity index (χ4n) is 0.952. The molecule has 0 aliphatic carbocycles. The van der Waals surface area contributed by atoms with Gasteiger partial charge in [-0.1, -0.05) is 124 Å². The minimum Gasteiger partial charge on any atom is -1.00 e. The molecule has 0 fully saturated rings. The smallest absolute Gasteiger partial charge is 1.00 e. The van der Waals surface area contributed by atoms with Crippen molar-refractivity contribution in [2.45, 2.75) is 124 Å². The van der Waals surface area contributed by atoms with Gasteiger partial charge >= 0.3 is 51.4 Å². The molecule has 4 heteroatoms. The fraction of sp³-hybridized carbons (Fsp3) is 0.708. The van der Waals surface area contributed by atoms with Gasteiger partial charge in [0.25, 0.3) is 0 Å². The number of carbonyl (C=O) groups excluding carboxylic acids is 1. The van der Waals surface area contributed by atoms with E-state index in [0.717, 1.165) is 5.56 Å². The molecule has 1 rings (SSSR count). The summed E-state index contributed by atoms with van der Waals surface area (Å²) in [6, 6.07) is 6.20. The predicted octanol–water partition coefficient (Wildman–Crippen LogP) is 7.12. The van der Waals surface area contributed by atoms with Crippen LogP contribution < -0.4 is 57.1 Å². The molecule has 3 nitrogen and oxygen atoms in total. The number of aldehydes is 1. The number of benzene rings is 1. The third kappa shape index (κ3) is 63.4. The maximum Gasteiger partial charge on any atom is 1.00 e. The SMILES string of the molecule is C.C.C.C.C.C.C.C.C.C.C.C.C.C.C.N[C@@H](C=O)Cc1ccc(O)cc1.[3H-].[K+]. The summed E-state index contributed by atoms with van der Waals surface area (Å²) in [4.78, 5) is 10.2. The summed E-state index contributed by atoms with van der Waals surface area (Å²) in [6.45, 7) is 0. The largest absolute Gasteiger partial charge is 1.00 e. The monoisotopic (exact) mass is 448 g/mol. The molecule has 28 heavy (non-hydrogen) atoms. The van der Waals surface area contributed by atoms with E-state index >= 15 is 0 Å². The van der Waals surface area contributed by atoms with Gasteiger partial charge < -0.3 is 17.1 Å². The predicted molar refractivity (Wildman–Crippen MR) is 148 cm³/mol. The molecule has 186 valence electrons. The Morgan fingerprint density at radius 1 is 0.714 bits per heavy atom. The quantitative estimate of drug-likeness (QED) is 0.383. The van der Waals surface area contributed by atoms with Crippen LogP contribution in [0.2, 0.25) is 0 Å². The van der Waals surface area contributed by atoms with Crippen LogP contribution in [-0.2, 0) is 11.2 Å². The van der Waals surface area contributed by atoms with Gasteiger partial charge in [-0.3, -0.25) is 0 Å². The second kappa shape index (κ2) is 80.7. The van der Waals surface area contributed by atoms with Crippen molar-refractivity contribution in [1.29, 1.82) is 0 Å². The van der Waals surface area contributed by atoms with Gasteiger partial charge in [0.2, 0.25) is 0 Å². The summed E-state index contributed by atoms with van der Waals surface area (Å²) in [5.74, 6) is 0.221. The second-order valence-corrected chi connectivity index (χ2v) is 2.67. The third-order valence-corrected chi connectivity index (χ3v) is 1.58. The van der Waals surface area contributed by atoms with Crippen molar-refractivity contribution >= 4 is 6.29 Å². The first-order valence-electron chi connectivity index (χ1n) is 3.71. The topological polar surface area (TPSA) is 63.3 Å². The molecule has 0 aromatic heterocycles. The van der Waals surface area contributed by atoms with Crippen LogP contribution in [-0.4, -0.2) is 17.4 Å².